The van der Waals surface area contributed by atoms with E-state index in [0.29, 0.717) is 6.04 Å². The lowest BCUT2D eigenvalue weighted by Gasteiger charge is -2.32. The first kappa shape index (κ1) is 16.7. The van der Waals surface area contributed by atoms with Gasteiger partial charge in [0.05, 0.1) is 6.20 Å². The summed E-state index contributed by atoms with van der Waals surface area (Å²) in [6.07, 6.45) is 7.71. The molecule has 0 bridgehead atoms. The van der Waals surface area contributed by atoms with Gasteiger partial charge in [0.25, 0.3) is 0 Å². The molecule has 0 radical (unpaired) electrons. The average molecular weight is 326 g/mol. The summed E-state index contributed by atoms with van der Waals surface area (Å²) < 4.78 is 1.67. The molecule has 5 nitrogen and oxygen atoms in total. The summed E-state index contributed by atoms with van der Waals surface area (Å²) in [6, 6.07) is 9.19. The van der Waals surface area contributed by atoms with Gasteiger partial charge in [-0.3, -0.25) is 14.4 Å². The third-order valence-corrected chi connectivity index (χ3v) is 4.88. The van der Waals surface area contributed by atoms with Gasteiger partial charge in [-0.25, -0.2) is 0 Å². The Balaban J connectivity index is 1.69. The monoisotopic (exact) mass is 326 g/mol. The molecule has 1 aliphatic rings. The van der Waals surface area contributed by atoms with Crippen LogP contribution in [0.3, 0.4) is 0 Å². The lowest BCUT2D eigenvalue weighted by molar-refractivity contribution is -0.121. The molecule has 1 aromatic carbocycles. The Kier molecular flexibility index (Phi) is 5.30. The minimum Gasteiger partial charge on any atom is -0.358 e. The predicted molar refractivity (Wildman–Crippen MR) is 95.6 cm³/mol. The van der Waals surface area contributed by atoms with E-state index in [9.17, 15) is 4.79 Å². The van der Waals surface area contributed by atoms with Crippen molar-refractivity contribution in [3.63, 3.8) is 0 Å². The summed E-state index contributed by atoms with van der Waals surface area (Å²) in [6.45, 7) is 4.95. The zero-order chi connectivity index (χ0) is 16.9. The van der Waals surface area contributed by atoms with Crippen LogP contribution in [0.5, 0.6) is 0 Å². The standard InChI is InChI=1S/C19H26N4O/c1-15(22-10-4-3-5-11-22)16-6-8-17(9-7-16)18-12-21-23(13-18)14-19(24)20-2/h6-9,12-13,15H,3-5,10-11,14H2,1-2H3,(H,20,24). The van der Waals surface area contributed by atoms with Crippen molar-refractivity contribution in [2.45, 2.75) is 38.8 Å². The van der Waals surface area contributed by atoms with E-state index in [1.165, 1.54) is 37.9 Å². The van der Waals surface area contributed by atoms with E-state index in [0.717, 1.165) is 11.1 Å². The van der Waals surface area contributed by atoms with Crippen LogP contribution in [0.2, 0.25) is 0 Å². The molecule has 1 amide bonds. The lowest BCUT2D eigenvalue weighted by atomic mass is 10.0. The highest BCUT2D eigenvalue weighted by molar-refractivity contribution is 5.75. The van der Waals surface area contributed by atoms with Crippen molar-refractivity contribution in [1.29, 1.82) is 0 Å². The number of benzene rings is 1. The van der Waals surface area contributed by atoms with Crippen LogP contribution in [0.4, 0.5) is 0 Å². The summed E-state index contributed by atoms with van der Waals surface area (Å²) >= 11 is 0. The van der Waals surface area contributed by atoms with E-state index in [1.807, 2.05) is 12.4 Å². The lowest BCUT2D eigenvalue weighted by Crippen LogP contribution is -2.32. The molecule has 3 rings (SSSR count). The number of carbonyl (C=O) groups is 1. The van der Waals surface area contributed by atoms with Gasteiger partial charge in [0.15, 0.2) is 0 Å². The Morgan fingerprint density at radius 3 is 2.54 bits per heavy atom. The van der Waals surface area contributed by atoms with Gasteiger partial charge in [0, 0.05) is 24.8 Å². The second-order valence-electron chi connectivity index (χ2n) is 6.49. The molecule has 128 valence electrons. The fraction of sp³-hybridized carbons (Fsp3) is 0.474. The van der Waals surface area contributed by atoms with Gasteiger partial charge < -0.3 is 5.32 Å². The predicted octanol–water partition coefficient (Wildman–Crippen LogP) is 2.84. The Labute approximate surface area is 143 Å². The van der Waals surface area contributed by atoms with Gasteiger partial charge >= 0.3 is 0 Å². The number of amides is 1. The minimum absolute atomic E-state index is 0.0460. The number of rotatable bonds is 5. The normalized spacial score (nSPS) is 16.8. The molecule has 5 heteroatoms. The molecule has 2 aromatic rings. The minimum atomic E-state index is -0.0460. The van der Waals surface area contributed by atoms with Crippen LogP contribution >= 0.6 is 0 Å². The summed E-state index contributed by atoms with van der Waals surface area (Å²) in [5.41, 5.74) is 3.53. The molecule has 1 atom stereocenters. The highest BCUT2D eigenvalue weighted by Gasteiger charge is 2.18. The number of nitrogens with zero attached hydrogens (tertiary/aromatic N) is 3. The zero-order valence-corrected chi connectivity index (χ0v) is 14.5. The summed E-state index contributed by atoms with van der Waals surface area (Å²) in [7, 11) is 1.63. The van der Waals surface area contributed by atoms with E-state index in [-0.39, 0.29) is 12.5 Å². The van der Waals surface area contributed by atoms with Gasteiger partial charge in [-0.05, 0) is 44.0 Å². The van der Waals surface area contributed by atoms with Crippen LogP contribution in [0.1, 0.15) is 37.8 Å². The zero-order valence-electron chi connectivity index (χ0n) is 14.5. The number of aromatic nitrogens is 2. The Hall–Kier alpha value is -2.14. The second-order valence-corrected chi connectivity index (χ2v) is 6.49. The Bertz CT molecular complexity index is 671. The van der Waals surface area contributed by atoms with Crippen molar-refractivity contribution in [2.24, 2.45) is 0 Å². The van der Waals surface area contributed by atoms with Crippen LogP contribution in [-0.4, -0.2) is 40.7 Å². The fourth-order valence-electron chi connectivity index (χ4n) is 3.30. The molecule has 1 unspecified atom stereocenters. The third-order valence-electron chi connectivity index (χ3n) is 4.88. The van der Waals surface area contributed by atoms with Crippen molar-refractivity contribution in [3.05, 3.63) is 42.2 Å². The molecule has 0 saturated carbocycles. The van der Waals surface area contributed by atoms with Crippen LogP contribution in [-0.2, 0) is 11.3 Å². The molecular weight excluding hydrogens is 300 g/mol. The largest absolute Gasteiger partial charge is 0.358 e. The molecule has 2 heterocycles. The summed E-state index contributed by atoms with van der Waals surface area (Å²) in [4.78, 5) is 14.0. The second kappa shape index (κ2) is 7.62. The smallest absolute Gasteiger partial charge is 0.241 e. The van der Waals surface area contributed by atoms with Gasteiger partial charge in [-0.2, -0.15) is 5.10 Å². The van der Waals surface area contributed by atoms with E-state index in [1.54, 1.807) is 11.7 Å². The molecule has 1 saturated heterocycles. The average Bonchev–Trinajstić information content (AvgIpc) is 3.10. The van der Waals surface area contributed by atoms with Crippen molar-refractivity contribution < 1.29 is 4.79 Å². The van der Waals surface area contributed by atoms with Crippen molar-refractivity contribution >= 4 is 5.91 Å². The van der Waals surface area contributed by atoms with Crippen LogP contribution in [0.25, 0.3) is 11.1 Å². The number of hydrogen-bond acceptors (Lipinski definition) is 3. The van der Waals surface area contributed by atoms with E-state index in [2.05, 4.69) is 46.5 Å². The molecule has 1 N–H and O–H groups in total. The SMILES string of the molecule is CNC(=O)Cn1cc(-c2ccc(C(C)N3CCCCC3)cc2)cn1. The van der Waals surface area contributed by atoms with Crippen molar-refractivity contribution in [3.8, 4) is 11.1 Å². The van der Waals surface area contributed by atoms with Gasteiger partial charge in [0.2, 0.25) is 5.91 Å². The number of likely N-dealkylation sites (N-methyl/N-ethyl adjacent to an activating group) is 1. The molecule has 1 aromatic heterocycles. The number of hydrogen-bond donors (Lipinski definition) is 1. The number of nitrogens with one attached hydrogen (secondary N) is 1. The quantitative estimate of drug-likeness (QED) is 0.919. The molecule has 0 spiro atoms. The van der Waals surface area contributed by atoms with E-state index >= 15 is 0 Å². The number of likely N-dealkylation sites (tertiary alicyclic amines) is 1. The van der Waals surface area contributed by atoms with Crippen molar-refractivity contribution in [2.75, 3.05) is 20.1 Å². The Morgan fingerprint density at radius 2 is 1.88 bits per heavy atom. The molecule has 0 aliphatic carbocycles. The van der Waals surface area contributed by atoms with Crippen LogP contribution in [0, 0.1) is 0 Å². The summed E-state index contributed by atoms with van der Waals surface area (Å²) in [5.74, 6) is -0.0460. The molecule has 1 fully saturated rings. The van der Waals surface area contributed by atoms with Gasteiger partial charge in [0.1, 0.15) is 6.54 Å². The first-order valence-electron chi connectivity index (χ1n) is 8.75. The first-order chi connectivity index (χ1) is 11.7. The number of carbonyl (C=O) groups excluding carboxylic acids is 1. The van der Waals surface area contributed by atoms with Crippen molar-refractivity contribution in [1.82, 2.24) is 20.0 Å². The first-order valence-corrected chi connectivity index (χ1v) is 8.75. The summed E-state index contributed by atoms with van der Waals surface area (Å²) in [5, 5.41) is 6.87. The van der Waals surface area contributed by atoms with Gasteiger partial charge in [-0.15, -0.1) is 0 Å². The maximum absolute atomic E-state index is 11.4. The fourth-order valence-corrected chi connectivity index (χ4v) is 3.30. The topological polar surface area (TPSA) is 50.2 Å². The van der Waals surface area contributed by atoms with Crippen LogP contribution < -0.4 is 5.32 Å². The van der Waals surface area contributed by atoms with E-state index < -0.39 is 0 Å². The molecule has 1 aliphatic heterocycles. The van der Waals surface area contributed by atoms with Crippen LogP contribution in [0.15, 0.2) is 36.7 Å². The maximum atomic E-state index is 11.4. The Morgan fingerprint density at radius 1 is 1.17 bits per heavy atom. The third kappa shape index (κ3) is 3.85. The molecule has 24 heavy (non-hydrogen) atoms. The van der Waals surface area contributed by atoms with Gasteiger partial charge in [-0.1, -0.05) is 30.7 Å². The highest BCUT2D eigenvalue weighted by atomic mass is 16.1. The van der Waals surface area contributed by atoms with E-state index in [4.69, 9.17) is 0 Å². The maximum Gasteiger partial charge on any atom is 0.241 e. The number of piperidine rings is 1. The molecular formula is C19H26N4O. The highest BCUT2D eigenvalue weighted by Crippen LogP contribution is 2.26.